The Labute approximate surface area is 130 Å². The molecule has 0 spiro atoms. The van der Waals surface area contributed by atoms with Crippen LogP contribution in [0.3, 0.4) is 0 Å². The van der Waals surface area contributed by atoms with Gasteiger partial charge in [-0.05, 0) is 50.8 Å². The van der Waals surface area contributed by atoms with Crippen LogP contribution >= 0.6 is 11.6 Å². The zero-order valence-corrected chi connectivity index (χ0v) is 12.9. The minimum Gasteiger partial charge on any atom is -0.481 e. The van der Waals surface area contributed by atoms with E-state index in [2.05, 4.69) is 0 Å². The van der Waals surface area contributed by atoms with Gasteiger partial charge in [0.2, 0.25) is 0 Å². The van der Waals surface area contributed by atoms with Crippen LogP contribution in [-0.2, 0) is 4.79 Å². The van der Waals surface area contributed by atoms with Gasteiger partial charge >= 0.3 is 0 Å². The predicted molar refractivity (Wildman–Crippen MR) is 82.4 cm³/mol. The molecule has 5 heteroatoms. The second-order valence-electron chi connectivity index (χ2n) is 6.08. The predicted octanol–water partition coefficient (Wildman–Crippen LogP) is 2.59. The molecule has 2 aliphatic rings. The van der Waals surface area contributed by atoms with Crippen molar-refractivity contribution in [2.75, 3.05) is 0 Å². The molecule has 114 valence electrons. The van der Waals surface area contributed by atoms with E-state index >= 15 is 0 Å². The first-order valence-corrected chi connectivity index (χ1v) is 7.92. The smallest absolute Gasteiger partial charge is 0.263 e. The molecule has 2 fully saturated rings. The van der Waals surface area contributed by atoms with E-state index in [9.17, 15) is 4.79 Å². The molecule has 1 amide bonds. The summed E-state index contributed by atoms with van der Waals surface area (Å²) in [6.07, 6.45) is 3.45. The second-order valence-corrected chi connectivity index (χ2v) is 6.52. The molecule has 2 saturated heterocycles. The van der Waals surface area contributed by atoms with Crippen LogP contribution in [0.5, 0.6) is 5.75 Å². The van der Waals surface area contributed by atoms with Crippen LogP contribution in [0.1, 0.15) is 32.6 Å². The Kier molecular flexibility index (Phi) is 4.09. The topological polar surface area (TPSA) is 55.6 Å². The number of nitrogens with zero attached hydrogens (tertiary/aromatic N) is 1. The number of rotatable bonds is 3. The SMILES string of the molecule is CC(Oc1cccc(Cl)c1)C(=O)N1C2CCC1CC(N)C2. The molecule has 0 radical (unpaired) electrons. The molecule has 0 saturated carbocycles. The van der Waals surface area contributed by atoms with Crippen molar-refractivity contribution in [2.24, 2.45) is 5.73 Å². The standard InChI is InChI=1S/C16H21ClN2O2/c1-10(21-15-4-2-3-11(17)7-15)16(20)19-13-5-6-14(19)9-12(18)8-13/h2-4,7,10,12-14H,5-6,8-9,18H2,1H3. The number of fused-ring (bicyclic) bond motifs is 2. The Bertz CT molecular complexity index is 523. The number of halogens is 1. The molecule has 2 heterocycles. The van der Waals surface area contributed by atoms with Gasteiger partial charge in [-0.2, -0.15) is 0 Å². The van der Waals surface area contributed by atoms with Crippen molar-refractivity contribution in [3.8, 4) is 5.75 Å². The number of piperidine rings is 1. The maximum Gasteiger partial charge on any atom is 0.263 e. The number of carbonyl (C=O) groups excluding carboxylic acids is 1. The summed E-state index contributed by atoms with van der Waals surface area (Å²) in [6, 6.07) is 7.96. The van der Waals surface area contributed by atoms with E-state index in [1.54, 1.807) is 19.1 Å². The van der Waals surface area contributed by atoms with Crippen LogP contribution in [0.25, 0.3) is 0 Å². The number of benzene rings is 1. The fourth-order valence-electron chi connectivity index (χ4n) is 3.58. The van der Waals surface area contributed by atoms with Gasteiger partial charge in [-0.1, -0.05) is 17.7 Å². The molecule has 2 N–H and O–H groups in total. The number of hydrogen-bond donors (Lipinski definition) is 1. The van der Waals surface area contributed by atoms with E-state index in [4.69, 9.17) is 22.1 Å². The summed E-state index contributed by atoms with van der Waals surface area (Å²) in [5.74, 6) is 0.693. The summed E-state index contributed by atoms with van der Waals surface area (Å²) in [7, 11) is 0. The number of amides is 1. The summed E-state index contributed by atoms with van der Waals surface area (Å²) in [5.41, 5.74) is 6.05. The summed E-state index contributed by atoms with van der Waals surface area (Å²) in [4.78, 5) is 14.7. The maximum absolute atomic E-state index is 12.7. The van der Waals surface area contributed by atoms with Gasteiger partial charge in [0.25, 0.3) is 5.91 Å². The molecular weight excluding hydrogens is 288 g/mol. The maximum atomic E-state index is 12.7. The number of nitrogens with two attached hydrogens (primary N) is 1. The van der Waals surface area contributed by atoms with Crippen LogP contribution in [0.4, 0.5) is 0 Å². The Morgan fingerprint density at radius 2 is 2.05 bits per heavy atom. The summed E-state index contributed by atoms with van der Waals surface area (Å²) in [5, 5.41) is 0.608. The highest BCUT2D eigenvalue weighted by Gasteiger charge is 2.43. The second kappa shape index (κ2) is 5.85. The third kappa shape index (κ3) is 3.01. The molecule has 1 aromatic rings. The minimum atomic E-state index is -0.499. The largest absolute Gasteiger partial charge is 0.481 e. The lowest BCUT2D eigenvalue weighted by atomic mass is 9.97. The summed E-state index contributed by atoms with van der Waals surface area (Å²) >= 11 is 5.94. The Hall–Kier alpha value is -1.26. The van der Waals surface area contributed by atoms with Gasteiger partial charge in [0.05, 0.1) is 0 Å². The number of carbonyl (C=O) groups is 1. The van der Waals surface area contributed by atoms with E-state index in [1.165, 1.54) is 0 Å². The van der Waals surface area contributed by atoms with E-state index in [0.717, 1.165) is 25.7 Å². The Morgan fingerprint density at radius 3 is 2.67 bits per heavy atom. The molecule has 3 atom stereocenters. The van der Waals surface area contributed by atoms with Crippen LogP contribution < -0.4 is 10.5 Å². The average Bonchev–Trinajstić information content (AvgIpc) is 2.70. The van der Waals surface area contributed by atoms with E-state index in [-0.39, 0.29) is 24.0 Å². The van der Waals surface area contributed by atoms with Crippen molar-refractivity contribution in [3.05, 3.63) is 29.3 Å². The molecule has 2 aliphatic heterocycles. The van der Waals surface area contributed by atoms with Crippen molar-refractivity contribution < 1.29 is 9.53 Å². The lowest BCUT2D eigenvalue weighted by molar-refractivity contribution is -0.142. The average molecular weight is 309 g/mol. The van der Waals surface area contributed by atoms with E-state index in [0.29, 0.717) is 10.8 Å². The van der Waals surface area contributed by atoms with Crippen molar-refractivity contribution in [1.29, 1.82) is 0 Å². The first-order chi connectivity index (χ1) is 10.0. The molecule has 3 unspecified atom stereocenters. The fourth-order valence-corrected chi connectivity index (χ4v) is 3.76. The van der Waals surface area contributed by atoms with Gasteiger partial charge in [-0.3, -0.25) is 4.79 Å². The van der Waals surface area contributed by atoms with Crippen molar-refractivity contribution >= 4 is 17.5 Å². The van der Waals surface area contributed by atoms with Crippen LogP contribution in [0.15, 0.2) is 24.3 Å². The van der Waals surface area contributed by atoms with E-state index in [1.807, 2.05) is 17.0 Å². The third-order valence-electron chi connectivity index (χ3n) is 4.48. The first-order valence-electron chi connectivity index (χ1n) is 7.54. The minimum absolute atomic E-state index is 0.0642. The first kappa shape index (κ1) is 14.7. The highest BCUT2D eigenvalue weighted by Crippen LogP contribution is 2.35. The molecule has 3 rings (SSSR count). The van der Waals surface area contributed by atoms with Gasteiger partial charge in [0.15, 0.2) is 6.10 Å². The molecule has 1 aromatic carbocycles. The van der Waals surface area contributed by atoms with Crippen LogP contribution in [0.2, 0.25) is 5.02 Å². The highest BCUT2D eigenvalue weighted by molar-refractivity contribution is 6.30. The fraction of sp³-hybridized carbons (Fsp3) is 0.562. The number of ether oxygens (including phenoxy) is 1. The molecular formula is C16H21ClN2O2. The van der Waals surface area contributed by atoms with Crippen molar-refractivity contribution in [3.63, 3.8) is 0 Å². The zero-order valence-electron chi connectivity index (χ0n) is 12.2. The van der Waals surface area contributed by atoms with Crippen LogP contribution in [0, 0.1) is 0 Å². The lowest BCUT2D eigenvalue weighted by Gasteiger charge is -2.39. The van der Waals surface area contributed by atoms with Gasteiger partial charge < -0.3 is 15.4 Å². The van der Waals surface area contributed by atoms with Gasteiger partial charge in [0, 0.05) is 23.1 Å². The van der Waals surface area contributed by atoms with E-state index < -0.39 is 6.10 Å². The molecule has 0 aromatic heterocycles. The molecule has 21 heavy (non-hydrogen) atoms. The van der Waals surface area contributed by atoms with Gasteiger partial charge in [-0.25, -0.2) is 0 Å². The van der Waals surface area contributed by atoms with Gasteiger partial charge in [-0.15, -0.1) is 0 Å². The molecule has 0 aliphatic carbocycles. The quantitative estimate of drug-likeness (QED) is 0.934. The highest BCUT2D eigenvalue weighted by atomic mass is 35.5. The van der Waals surface area contributed by atoms with Crippen molar-refractivity contribution in [2.45, 2.75) is 56.8 Å². The third-order valence-corrected chi connectivity index (χ3v) is 4.72. The van der Waals surface area contributed by atoms with Gasteiger partial charge in [0.1, 0.15) is 5.75 Å². The van der Waals surface area contributed by atoms with Crippen molar-refractivity contribution in [1.82, 2.24) is 4.90 Å². The number of hydrogen-bond acceptors (Lipinski definition) is 3. The zero-order chi connectivity index (χ0) is 15.0. The summed E-state index contributed by atoms with van der Waals surface area (Å²) < 4.78 is 5.75. The lowest BCUT2D eigenvalue weighted by Crippen LogP contribution is -2.53. The van der Waals surface area contributed by atoms with Crippen LogP contribution in [-0.4, -0.2) is 35.0 Å². The molecule has 4 nitrogen and oxygen atoms in total. The Morgan fingerprint density at radius 1 is 1.38 bits per heavy atom. The Balaban J connectivity index is 1.68. The molecule has 2 bridgehead atoms. The summed E-state index contributed by atoms with van der Waals surface area (Å²) in [6.45, 7) is 1.80. The normalized spacial score (nSPS) is 29.3. The monoisotopic (exact) mass is 308 g/mol.